The molecule has 0 aliphatic carbocycles. The van der Waals surface area contributed by atoms with Gasteiger partial charge >= 0.3 is 0 Å². The Balaban J connectivity index is 2.23. The second-order valence-electron chi connectivity index (χ2n) is 4.84. The van der Waals surface area contributed by atoms with E-state index in [0.717, 1.165) is 12.0 Å². The SMILES string of the molecule is CCCC1NC(c2ccc(Cl)cc2)N(CC(F)F)C1=O. The Morgan fingerprint density at radius 2 is 2.00 bits per heavy atom. The Bertz CT molecular complexity index is 467. The number of halogens is 3. The summed E-state index contributed by atoms with van der Waals surface area (Å²) < 4.78 is 25.4. The Morgan fingerprint density at radius 1 is 1.35 bits per heavy atom. The molecule has 1 aliphatic rings. The van der Waals surface area contributed by atoms with Crippen LogP contribution in [0, 0.1) is 0 Å². The highest BCUT2D eigenvalue weighted by molar-refractivity contribution is 6.30. The quantitative estimate of drug-likeness (QED) is 0.906. The van der Waals surface area contributed by atoms with E-state index in [9.17, 15) is 13.6 Å². The highest BCUT2D eigenvalue weighted by Gasteiger charge is 2.39. The molecule has 2 unspecified atom stereocenters. The number of hydrogen-bond acceptors (Lipinski definition) is 2. The van der Waals surface area contributed by atoms with E-state index in [4.69, 9.17) is 11.6 Å². The fourth-order valence-electron chi connectivity index (χ4n) is 2.44. The summed E-state index contributed by atoms with van der Waals surface area (Å²) in [6, 6.07) is 6.49. The molecule has 1 amide bonds. The molecule has 1 aromatic rings. The molecule has 3 nitrogen and oxygen atoms in total. The summed E-state index contributed by atoms with van der Waals surface area (Å²) in [5.74, 6) is -0.257. The van der Waals surface area contributed by atoms with Crippen LogP contribution in [0.1, 0.15) is 31.5 Å². The van der Waals surface area contributed by atoms with Gasteiger partial charge in [0.1, 0.15) is 6.17 Å². The van der Waals surface area contributed by atoms with E-state index < -0.39 is 19.1 Å². The first-order valence-electron chi connectivity index (χ1n) is 6.63. The van der Waals surface area contributed by atoms with Gasteiger partial charge in [-0.15, -0.1) is 0 Å². The predicted octanol–water partition coefficient (Wildman–Crippen LogP) is 3.20. The van der Waals surface area contributed by atoms with E-state index in [1.165, 1.54) is 4.90 Å². The van der Waals surface area contributed by atoms with Crippen molar-refractivity contribution in [2.75, 3.05) is 6.54 Å². The first-order valence-corrected chi connectivity index (χ1v) is 7.01. The summed E-state index contributed by atoms with van der Waals surface area (Å²) >= 11 is 5.83. The first-order chi connectivity index (χ1) is 9.52. The number of carbonyl (C=O) groups is 1. The van der Waals surface area contributed by atoms with Crippen LogP contribution in [0.2, 0.25) is 5.02 Å². The molecule has 1 heterocycles. The van der Waals surface area contributed by atoms with Crippen LogP contribution in [0.25, 0.3) is 0 Å². The van der Waals surface area contributed by atoms with Gasteiger partial charge in [0.05, 0.1) is 12.6 Å². The lowest BCUT2D eigenvalue weighted by molar-refractivity contribution is -0.132. The highest BCUT2D eigenvalue weighted by atomic mass is 35.5. The molecule has 0 spiro atoms. The summed E-state index contributed by atoms with van der Waals surface area (Å²) in [4.78, 5) is 13.4. The van der Waals surface area contributed by atoms with Gasteiger partial charge in [-0.1, -0.05) is 37.1 Å². The second kappa shape index (κ2) is 6.50. The third-order valence-electron chi connectivity index (χ3n) is 3.35. The normalized spacial score (nSPS) is 22.9. The molecule has 2 atom stereocenters. The van der Waals surface area contributed by atoms with Crippen molar-refractivity contribution < 1.29 is 13.6 Å². The molecule has 1 N–H and O–H groups in total. The lowest BCUT2D eigenvalue weighted by Gasteiger charge is -2.24. The van der Waals surface area contributed by atoms with Crippen molar-refractivity contribution in [3.05, 3.63) is 34.9 Å². The van der Waals surface area contributed by atoms with Crippen molar-refractivity contribution in [2.45, 2.75) is 38.4 Å². The van der Waals surface area contributed by atoms with Gasteiger partial charge in [-0.05, 0) is 24.1 Å². The molecule has 1 fully saturated rings. The monoisotopic (exact) mass is 302 g/mol. The van der Waals surface area contributed by atoms with Crippen LogP contribution in [-0.2, 0) is 4.79 Å². The van der Waals surface area contributed by atoms with Crippen molar-refractivity contribution in [3.8, 4) is 0 Å². The molecule has 6 heteroatoms. The molecule has 0 radical (unpaired) electrons. The summed E-state index contributed by atoms with van der Waals surface area (Å²) in [6.07, 6.45) is -1.59. The molecule has 20 heavy (non-hydrogen) atoms. The van der Waals surface area contributed by atoms with Crippen molar-refractivity contribution in [1.29, 1.82) is 0 Å². The highest BCUT2D eigenvalue weighted by Crippen LogP contribution is 2.28. The second-order valence-corrected chi connectivity index (χ2v) is 5.28. The van der Waals surface area contributed by atoms with E-state index >= 15 is 0 Å². The maximum absolute atomic E-state index is 12.7. The number of hydrogen-bond donors (Lipinski definition) is 1. The molecule has 1 aromatic carbocycles. The third kappa shape index (κ3) is 3.27. The van der Waals surface area contributed by atoms with Gasteiger partial charge in [0.25, 0.3) is 6.43 Å². The van der Waals surface area contributed by atoms with E-state index in [0.29, 0.717) is 11.4 Å². The molecule has 1 aliphatic heterocycles. The van der Waals surface area contributed by atoms with Crippen LogP contribution in [0.5, 0.6) is 0 Å². The predicted molar refractivity (Wildman–Crippen MR) is 73.7 cm³/mol. The number of carbonyl (C=O) groups excluding carboxylic acids is 1. The van der Waals surface area contributed by atoms with Gasteiger partial charge < -0.3 is 4.90 Å². The van der Waals surface area contributed by atoms with Crippen molar-refractivity contribution in [1.82, 2.24) is 10.2 Å². The minimum Gasteiger partial charge on any atom is -0.316 e. The van der Waals surface area contributed by atoms with Crippen LogP contribution < -0.4 is 5.32 Å². The fraction of sp³-hybridized carbons (Fsp3) is 0.500. The topological polar surface area (TPSA) is 32.3 Å². The number of nitrogens with zero attached hydrogens (tertiary/aromatic N) is 1. The van der Waals surface area contributed by atoms with Crippen molar-refractivity contribution in [2.24, 2.45) is 0 Å². The Hall–Kier alpha value is -1.20. The lowest BCUT2D eigenvalue weighted by Crippen LogP contribution is -2.35. The van der Waals surface area contributed by atoms with Gasteiger partial charge in [-0.25, -0.2) is 8.78 Å². The van der Waals surface area contributed by atoms with Crippen LogP contribution in [0.3, 0.4) is 0 Å². The van der Waals surface area contributed by atoms with Crippen molar-refractivity contribution >= 4 is 17.5 Å². The molecule has 0 aromatic heterocycles. The minimum atomic E-state index is -2.55. The molecular weight excluding hydrogens is 286 g/mol. The first kappa shape index (κ1) is 15.2. The average Bonchev–Trinajstić information content (AvgIpc) is 2.69. The summed E-state index contributed by atoms with van der Waals surface area (Å²) in [5, 5.41) is 3.71. The third-order valence-corrected chi connectivity index (χ3v) is 3.60. The zero-order chi connectivity index (χ0) is 14.7. The van der Waals surface area contributed by atoms with Crippen LogP contribution in [-0.4, -0.2) is 29.8 Å². The van der Waals surface area contributed by atoms with Crippen LogP contribution >= 0.6 is 11.6 Å². The molecule has 0 bridgehead atoms. The van der Waals surface area contributed by atoms with E-state index in [-0.39, 0.29) is 11.9 Å². The largest absolute Gasteiger partial charge is 0.316 e. The zero-order valence-corrected chi connectivity index (χ0v) is 11.9. The van der Waals surface area contributed by atoms with Gasteiger partial charge in [-0.2, -0.15) is 0 Å². The molecule has 110 valence electrons. The lowest BCUT2D eigenvalue weighted by atomic mass is 10.1. The van der Waals surface area contributed by atoms with Gasteiger partial charge in [0, 0.05) is 5.02 Å². The molecular formula is C14H17ClF2N2O. The summed E-state index contributed by atoms with van der Waals surface area (Å²) in [7, 11) is 0. The molecule has 2 rings (SSSR count). The van der Waals surface area contributed by atoms with E-state index in [1.807, 2.05) is 6.92 Å². The average molecular weight is 303 g/mol. The van der Waals surface area contributed by atoms with Gasteiger partial charge in [-0.3, -0.25) is 10.1 Å². The molecule has 0 saturated carbocycles. The number of rotatable bonds is 5. The Morgan fingerprint density at radius 3 is 2.55 bits per heavy atom. The van der Waals surface area contributed by atoms with Crippen molar-refractivity contribution in [3.63, 3.8) is 0 Å². The maximum Gasteiger partial charge on any atom is 0.255 e. The molecule has 1 saturated heterocycles. The fourth-order valence-corrected chi connectivity index (χ4v) is 2.57. The van der Waals surface area contributed by atoms with Crippen LogP contribution in [0.4, 0.5) is 8.78 Å². The number of benzene rings is 1. The Kier molecular flexibility index (Phi) is 4.94. The minimum absolute atomic E-state index is 0.257. The maximum atomic E-state index is 12.7. The van der Waals surface area contributed by atoms with Gasteiger partial charge in [0.2, 0.25) is 5.91 Å². The van der Waals surface area contributed by atoms with Crippen LogP contribution in [0.15, 0.2) is 24.3 Å². The number of nitrogens with one attached hydrogen (secondary N) is 1. The zero-order valence-electron chi connectivity index (χ0n) is 11.2. The van der Waals surface area contributed by atoms with E-state index in [1.54, 1.807) is 24.3 Å². The smallest absolute Gasteiger partial charge is 0.255 e. The number of amides is 1. The Labute approximate surface area is 121 Å². The number of alkyl halides is 2. The summed E-state index contributed by atoms with van der Waals surface area (Å²) in [5.41, 5.74) is 0.766. The summed E-state index contributed by atoms with van der Waals surface area (Å²) in [6.45, 7) is 1.40. The van der Waals surface area contributed by atoms with Gasteiger partial charge in [0.15, 0.2) is 0 Å². The van der Waals surface area contributed by atoms with E-state index in [2.05, 4.69) is 5.32 Å². The standard InChI is InChI=1S/C14H17ClF2N2O/c1-2-3-11-14(20)19(8-12(16)17)13(18-11)9-4-6-10(15)7-5-9/h4-7,11-13,18H,2-3,8H2,1H3.